The minimum absolute atomic E-state index is 0. The standard InChI is InChI=1S/C32H22F5N3O.C6H6O.Ir/c33-22-16-17-24(25(34)21-22)26-11-6-13-28(39-26)31(27-12-4-5-19-38-27,18-8-20-41-23-9-2-1-3-10-23)29-14-7-15-30(40-29)32(35,36)37;7-6-4-2-1-3-5-6;/h1-7,9,11-16,19,21H,8,18,20H2;1-5,7H;/q-2;;. The Hall–Kier alpha value is -4.99. The van der Waals surface area contributed by atoms with E-state index in [4.69, 9.17) is 9.84 Å². The molecule has 1 N–H and O–H groups in total. The van der Waals surface area contributed by atoms with Crippen molar-refractivity contribution in [3.05, 3.63) is 174 Å². The van der Waals surface area contributed by atoms with Crippen molar-refractivity contribution in [2.75, 3.05) is 6.61 Å². The molecule has 0 spiro atoms. The Morgan fingerprint density at radius 3 is 2.02 bits per heavy atom. The third-order valence-electron chi connectivity index (χ3n) is 7.27. The second-order valence-electron chi connectivity index (χ2n) is 10.5. The average molecular weight is 846 g/mol. The van der Waals surface area contributed by atoms with Gasteiger partial charge in [-0.25, -0.2) is 4.98 Å². The molecule has 0 saturated carbocycles. The van der Waals surface area contributed by atoms with E-state index >= 15 is 0 Å². The Labute approximate surface area is 293 Å². The fourth-order valence-electron chi connectivity index (χ4n) is 5.09. The number of hydrogen-bond acceptors (Lipinski definition) is 5. The van der Waals surface area contributed by atoms with Crippen LogP contribution in [-0.2, 0) is 31.7 Å². The number of pyridine rings is 3. The fourth-order valence-corrected chi connectivity index (χ4v) is 5.09. The van der Waals surface area contributed by atoms with Gasteiger partial charge in [0, 0.05) is 49.4 Å². The van der Waals surface area contributed by atoms with E-state index in [0.717, 1.165) is 18.2 Å². The van der Waals surface area contributed by atoms with Crippen molar-refractivity contribution < 1.29 is 51.9 Å². The van der Waals surface area contributed by atoms with Gasteiger partial charge in [0.05, 0.1) is 23.4 Å². The molecule has 0 aliphatic heterocycles. The maximum absolute atomic E-state index is 14.7. The van der Waals surface area contributed by atoms with Gasteiger partial charge in [0.15, 0.2) is 0 Å². The number of halogens is 5. The van der Waals surface area contributed by atoms with Crippen molar-refractivity contribution in [1.29, 1.82) is 0 Å². The maximum atomic E-state index is 14.7. The predicted molar refractivity (Wildman–Crippen MR) is 170 cm³/mol. The zero-order chi connectivity index (χ0) is 34.0. The fraction of sp³-hybridized carbons (Fsp3) is 0.132. The second-order valence-corrected chi connectivity index (χ2v) is 10.5. The van der Waals surface area contributed by atoms with E-state index in [1.54, 1.807) is 78.9 Å². The molecule has 5 nitrogen and oxygen atoms in total. The first-order chi connectivity index (χ1) is 23.2. The number of ether oxygens (including phenoxy) is 1. The molecule has 6 aromatic rings. The smallest absolute Gasteiger partial charge is 0.433 e. The second kappa shape index (κ2) is 16.9. The number of aromatic hydroxyl groups is 1. The molecule has 0 aliphatic carbocycles. The summed E-state index contributed by atoms with van der Waals surface area (Å²) in [4.78, 5) is 13.3. The minimum atomic E-state index is -4.69. The van der Waals surface area contributed by atoms with Gasteiger partial charge in [-0.3, -0.25) is 18.7 Å². The topological polar surface area (TPSA) is 68.1 Å². The monoisotopic (exact) mass is 846 g/mol. The summed E-state index contributed by atoms with van der Waals surface area (Å²) < 4.78 is 75.6. The summed E-state index contributed by atoms with van der Waals surface area (Å²) in [6.07, 6.45) is -2.61. The number of benzene rings is 3. The summed E-state index contributed by atoms with van der Waals surface area (Å²) in [5.41, 5.74) is -1.68. The van der Waals surface area contributed by atoms with Crippen LogP contribution in [-0.4, -0.2) is 26.7 Å². The number of hydrogen-bond donors (Lipinski definition) is 1. The van der Waals surface area contributed by atoms with E-state index in [0.29, 0.717) is 23.6 Å². The molecule has 1 unspecified atom stereocenters. The van der Waals surface area contributed by atoms with E-state index in [1.165, 1.54) is 24.4 Å². The molecule has 6 rings (SSSR count). The molecule has 0 aliphatic rings. The summed E-state index contributed by atoms with van der Waals surface area (Å²) in [6, 6.07) is 36.6. The van der Waals surface area contributed by atoms with Crippen molar-refractivity contribution in [3.63, 3.8) is 0 Å². The summed E-state index contributed by atoms with van der Waals surface area (Å²) in [7, 11) is 0. The Morgan fingerprint density at radius 2 is 1.39 bits per heavy atom. The maximum Gasteiger partial charge on any atom is 0.433 e. The van der Waals surface area contributed by atoms with Gasteiger partial charge >= 0.3 is 6.18 Å². The first-order valence-electron chi connectivity index (χ1n) is 14.8. The van der Waals surface area contributed by atoms with Crippen LogP contribution in [0.1, 0.15) is 35.6 Å². The van der Waals surface area contributed by atoms with E-state index < -0.39 is 28.9 Å². The Morgan fingerprint density at radius 1 is 0.714 bits per heavy atom. The molecule has 1 radical (unpaired) electrons. The molecule has 11 heteroatoms. The molecular formula is C38H28F5IrN3O2-2. The molecule has 253 valence electrons. The van der Waals surface area contributed by atoms with Gasteiger partial charge < -0.3 is 9.84 Å². The molecule has 3 aromatic carbocycles. The van der Waals surface area contributed by atoms with Gasteiger partial charge in [-0.2, -0.15) is 31.4 Å². The van der Waals surface area contributed by atoms with Crippen molar-refractivity contribution in [2.45, 2.75) is 24.4 Å². The SMILES string of the molecule is Fc1c[c-]c(-c2cccc(C(CCCOc3[c-]cccc3)(c3ccccn3)c3cccc(C(F)(F)F)n3)n2)c(F)c1.Oc1ccccc1.[Ir]. The normalized spacial score (nSPS) is 12.1. The van der Waals surface area contributed by atoms with Crippen LogP contribution in [0, 0.1) is 23.8 Å². The number of phenolic OH excluding ortho intramolecular Hbond substituents is 1. The van der Waals surface area contributed by atoms with Crippen molar-refractivity contribution >= 4 is 0 Å². The summed E-state index contributed by atoms with van der Waals surface area (Å²) in [5, 5.41) is 8.63. The molecule has 1 atom stereocenters. The summed E-state index contributed by atoms with van der Waals surface area (Å²) >= 11 is 0. The molecule has 0 fully saturated rings. The van der Waals surface area contributed by atoms with Crippen LogP contribution in [0.25, 0.3) is 11.3 Å². The van der Waals surface area contributed by atoms with Crippen LogP contribution in [0.2, 0.25) is 0 Å². The minimum Gasteiger partial charge on any atom is -0.519 e. The molecule has 3 heterocycles. The first-order valence-corrected chi connectivity index (χ1v) is 14.8. The predicted octanol–water partition coefficient (Wildman–Crippen LogP) is 9.02. The van der Waals surface area contributed by atoms with Crippen LogP contribution >= 0.6 is 0 Å². The number of aromatic nitrogens is 3. The first kappa shape index (κ1) is 36.8. The van der Waals surface area contributed by atoms with Crippen LogP contribution in [0.3, 0.4) is 0 Å². The Kier molecular flexibility index (Phi) is 12.7. The number of para-hydroxylation sites is 2. The molecule has 49 heavy (non-hydrogen) atoms. The molecule has 0 bridgehead atoms. The van der Waals surface area contributed by atoms with Gasteiger partial charge in [0.1, 0.15) is 11.4 Å². The largest absolute Gasteiger partial charge is 0.519 e. The number of alkyl halides is 3. The van der Waals surface area contributed by atoms with E-state index in [9.17, 15) is 22.0 Å². The zero-order valence-electron chi connectivity index (χ0n) is 25.7. The van der Waals surface area contributed by atoms with E-state index in [2.05, 4.69) is 27.1 Å². The van der Waals surface area contributed by atoms with Crippen LogP contribution < -0.4 is 4.74 Å². The van der Waals surface area contributed by atoms with Crippen LogP contribution in [0.15, 0.2) is 128 Å². The average Bonchev–Trinajstić information content (AvgIpc) is 3.10. The Bertz CT molecular complexity index is 1920. The van der Waals surface area contributed by atoms with E-state index in [-0.39, 0.29) is 55.8 Å². The summed E-state index contributed by atoms with van der Waals surface area (Å²) in [6.45, 7) is 0.216. The van der Waals surface area contributed by atoms with Crippen molar-refractivity contribution in [1.82, 2.24) is 15.0 Å². The zero-order valence-corrected chi connectivity index (χ0v) is 28.1. The van der Waals surface area contributed by atoms with E-state index in [1.807, 2.05) is 6.07 Å². The third kappa shape index (κ3) is 9.34. The Balaban J connectivity index is 0.000000602. The molecule has 0 amide bonds. The van der Waals surface area contributed by atoms with Gasteiger partial charge in [0.2, 0.25) is 0 Å². The van der Waals surface area contributed by atoms with Gasteiger partial charge in [0.25, 0.3) is 0 Å². The van der Waals surface area contributed by atoms with Crippen LogP contribution in [0.5, 0.6) is 11.5 Å². The third-order valence-corrected chi connectivity index (χ3v) is 7.27. The number of phenols is 1. The quantitative estimate of drug-likeness (QED) is 0.0895. The van der Waals surface area contributed by atoms with Gasteiger partial charge in [-0.05, 0) is 61.0 Å². The van der Waals surface area contributed by atoms with Gasteiger partial charge in [-0.1, -0.05) is 54.1 Å². The van der Waals surface area contributed by atoms with Crippen molar-refractivity contribution in [3.8, 4) is 22.8 Å². The van der Waals surface area contributed by atoms with Crippen molar-refractivity contribution in [2.24, 2.45) is 0 Å². The summed E-state index contributed by atoms with van der Waals surface area (Å²) in [5.74, 6) is -0.824. The molecule has 3 aromatic heterocycles. The number of nitrogens with zero attached hydrogens (tertiary/aromatic N) is 3. The molecule has 0 saturated heterocycles. The number of rotatable bonds is 9. The molecular weight excluding hydrogens is 818 g/mol. The van der Waals surface area contributed by atoms with Crippen LogP contribution in [0.4, 0.5) is 22.0 Å². The van der Waals surface area contributed by atoms with Gasteiger partial charge in [-0.15, -0.1) is 24.3 Å².